The number of likely N-dealkylation sites (tertiary alicyclic amines) is 1. The van der Waals surface area contributed by atoms with Crippen LogP contribution in [0.4, 0.5) is 0 Å². The van der Waals surface area contributed by atoms with Gasteiger partial charge in [0.05, 0.1) is 0 Å². The van der Waals surface area contributed by atoms with Crippen molar-refractivity contribution in [2.75, 3.05) is 31.1 Å². The second-order valence-corrected chi connectivity index (χ2v) is 8.00. The first-order valence-electron chi connectivity index (χ1n) is 7.61. The standard InChI is InChI=1S/C15H30N2S/c1-14(2)10-15(11-16,13-18-12-14)17-8-6-4-3-5-7-9-17/h3-13,16H2,1-2H3. The van der Waals surface area contributed by atoms with Gasteiger partial charge >= 0.3 is 0 Å². The molecule has 18 heavy (non-hydrogen) atoms. The fourth-order valence-electron chi connectivity index (χ4n) is 3.70. The molecule has 0 bridgehead atoms. The Morgan fingerprint density at radius 3 is 2.17 bits per heavy atom. The molecule has 0 aromatic heterocycles. The molecule has 2 aliphatic heterocycles. The van der Waals surface area contributed by atoms with Crippen LogP contribution in [0.25, 0.3) is 0 Å². The lowest BCUT2D eigenvalue weighted by Gasteiger charge is -2.51. The molecule has 2 fully saturated rings. The summed E-state index contributed by atoms with van der Waals surface area (Å²) in [6, 6.07) is 0. The van der Waals surface area contributed by atoms with Gasteiger partial charge in [-0.15, -0.1) is 0 Å². The SMILES string of the molecule is CC1(C)CSCC(CN)(N2CCCCCCC2)C1. The van der Waals surface area contributed by atoms with Gasteiger partial charge in [-0.3, -0.25) is 4.90 Å². The summed E-state index contributed by atoms with van der Waals surface area (Å²) in [5, 5.41) is 0. The summed E-state index contributed by atoms with van der Waals surface area (Å²) < 4.78 is 0. The molecular formula is C15H30N2S. The highest BCUT2D eigenvalue weighted by atomic mass is 32.2. The molecule has 2 aliphatic rings. The van der Waals surface area contributed by atoms with Crippen LogP contribution in [0.15, 0.2) is 0 Å². The maximum Gasteiger partial charge on any atom is 0.0427 e. The molecule has 0 radical (unpaired) electrons. The second kappa shape index (κ2) is 6.15. The van der Waals surface area contributed by atoms with Crippen LogP contribution in [0.1, 0.15) is 52.4 Å². The van der Waals surface area contributed by atoms with Gasteiger partial charge in [0.2, 0.25) is 0 Å². The first-order valence-corrected chi connectivity index (χ1v) is 8.76. The average Bonchev–Trinajstić information content (AvgIpc) is 2.26. The van der Waals surface area contributed by atoms with Crippen molar-refractivity contribution in [3.63, 3.8) is 0 Å². The van der Waals surface area contributed by atoms with Crippen LogP contribution in [-0.4, -0.2) is 41.6 Å². The molecule has 0 aliphatic carbocycles. The monoisotopic (exact) mass is 270 g/mol. The summed E-state index contributed by atoms with van der Waals surface area (Å²) in [5.74, 6) is 2.54. The minimum Gasteiger partial charge on any atom is -0.329 e. The van der Waals surface area contributed by atoms with Gasteiger partial charge < -0.3 is 5.73 Å². The predicted molar refractivity (Wildman–Crippen MR) is 82.2 cm³/mol. The van der Waals surface area contributed by atoms with Gasteiger partial charge in [-0.2, -0.15) is 11.8 Å². The molecule has 1 unspecified atom stereocenters. The lowest BCUT2D eigenvalue weighted by atomic mass is 9.78. The van der Waals surface area contributed by atoms with E-state index < -0.39 is 0 Å². The Hall–Kier alpha value is 0.270. The van der Waals surface area contributed by atoms with Crippen molar-refractivity contribution in [2.45, 2.75) is 57.9 Å². The normalized spacial score (nSPS) is 34.8. The Balaban J connectivity index is 2.08. The van der Waals surface area contributed by atoms with Gasteiger partial charge in [0.15, 0.2) is 0 Å². The van der Waals surface area contributed by atoms with Crippen molar-refractivity contribution in [1.29, 1.82) is 0 Å². The van der Waals surface area contributed by atoms with Gasteiger partial charge in [-0.1, -0.05) is 33.1 Å². The molecule has 0 amide bonds. The number of nitrogens with two attached hydrogens (primary N) is 1. The minimum atomic E-state index is 0.282. The molecule has 0 saturated carbocycles. The quantitative estimate of drug-likeness (QED) is 0.836. The Morgan fingerprint density at radius 1 is 1.00 bits per heavy atom. The predicted octanol–water partition coefficient (Wildman–Crippen LogP) is 3.11. The first-order chi connectivity index (χ1) is 8.58. The van der Waals surface area contributed by atoms with Crippen molar-refractivity contribution < 1.29 is 0 Å². The third kappa shape index (κ3) is 3.43. The van der Waals surface area contributed by atoms with E-state index in [2.05, 4.69) is 30.5 Å². The van der Waals surface area contributed by atoms with E-state index in [1.165, 1.54) is 63.1 Å². The summed E-state index contributed by atoms with van der Waals surface area (Å²) in [7, 11) is 0. The van der Waals surface area contributed by atoms with Crippen molar-refractivity contribution in [1.82, 2.24) is 4.90 Å². The molecule has 0 spiro atoms. The van der Waals surface area contributed by atoms with Crippen molar-refractivity contribution in [3.05, 3.63) is 0 Å². The molecule has 2 saturated heterocycles. The number of nitrogens with zero attached hydrogens (tertiary/aromatic N) is 1. The van der Waals surface area contributed by atoms with Gasteiger partial charge in [0.25, 0.3) is 0 Å². The third-order valence-electron chi connectivity index (χ3n) is 4.58. The maximum atomic E-state index is 6.23. The zero-order chi connectivity index (χ0) is 13.1. The molecule has 2 N–H and O–H groups in total. The smallest absolute Gasteiger partial charge is 0.0427 e. The van der Waals surface area contributed by atoms with Crippen LogP contribution in [0, 0.1) is 5.41 Å². The van der Waals surface area contributed by atoms with E-state index in [0.717, 1.165) is 6.54 Å². The maximum absolute atomic E-state index is 6.23. The zero-order valence-corrected chi connectivity index (χ0v) is 13.0. The second-order valence-electron chi connectivity index (χ2n) is 7.02. The van der Waals surface area contributed by atoms with E-state index in [0.29, 0.717) is 5.41 Å². The van der Waals surface area contributed by atoms with Crippen LogP contribution < -0.4 is 5.73 Å². The molecule has 106 valence electrons. The largest absolute Gasteiger partial charge is 0.329 e. The third-order valence-corrected chi connectivity index (χ3v) is 6.31. The molecule has 1 atom stereocenters. The Bertz CT molecular complexity index is 259. The fourth-order valence-corrected chi connectivity index (χ4v) is 5.23. The van der Waals surface area contributed by atoms with Crippen molar-refractivity contribution >= 4 is 11.8 Å². The highest BCUT2D eigenvalue weighted by molar-refractivity contribution is 7.99. The molecule has 2 rings (SSSR count). The zero-order valence-electron chi connectivity index (χ0n) is 12.2. The van der Waals surface area contributed by atoms with Crippen molar-refractivity contribution in [2.24, 2.45) is 11.1 Å². The van der Waals surface area contributed by atoms with E-state index in [-0.39, 0.29) is 5.54 Å². The Kier molecular flexibility index (Phi) is 5.01. The summed E-state index contributed by atoms with van der Waals surface area (Å²) in [4.78, 5) is 2.75. The van der Waals surface area contributed by atoms with Gasteiger partial charge in [0, 0.05) is 17.8 Å². The molecule has 2 heterocycles. The fraction of sp³-hybridized carbons (Fsp3) is 1.00. The number of hydrogen-bond acceptors (Lipinski definition) is 3. The molecule has 0 aromatic rings. The van der Waals surface area contributed by atoms with Crippen LogP contribution in [0.3, 0.4) is 0 Å². The van der Waals surface area contributed by atoms with E-state index in [4.69, 9.17) is 5.73 Å². The molecule has 3 heteroatoms. The van der Waals surface area contributed by atoms with Crippen molar-refractivity contribution in [3.8, 4) is 0 Å². The molecule has 2 nitrogen and oxygen atoms in total. The van der Waals surface area contributed by atoms with Gasteiger partial charge in [-0.25, -0.2) is 0 Å². The van der Waals surface area contributed by atoms with E-state index in [1.54, 1.807) is 0 Å². The highest BCUT2D eigenvalue weighted by Crippen LogP contribution is 2.42. The van der Waals surface area contributed by atoms with Gasteiger partial charge in [0.1, 0.15) is 0 Å². The Labute approximate surface area is 117 Å². The van der Waals surface area contributed by atoms with E-state index in [1.807, 2.05) is 0 Å². The van der Waals surface area contributed by atoms with E-state index in [9.17, 15) is 0 Å². The van der Waals surface area contributed by atoms with Crippen LogP contribution >= 0.6 is 11.8 Å². The minimum absolute atomic E-state index is 0.282. The summed E-state index contributed by atoms with van der Waals surface area (Å²) in [5.41, 5.74) is 6.96. The lowest BCUT2D eigenvalue weighted by molar-refractivity contribution is 0.0610. The topological polar surface area (TPSA) is 29.3 Å². The summed E-state index contributed by atoms with van der Waals surface area (Å²) in [6.07, 6.45) is 8.27. The van der Waals surface area contributed by atoms with Gasteiger partial charge in [-0.05, 0) is 43.5 Å². The first kappa shape index (κ1) is 14.7. The average molecular weight is 270 g/mol. The lowest BCUT2D eigenvalue weighted by Crippen LogP contribution is -2.60. The number of thioether (sulfide) groups is 1. The van der Waals surface area contributed by atoms with Crippen LogP contribution in [0.5, 0.6) is 0 Å². The summed E-state index contributed by atoms with van der Waals surface area (Å²) >= 11 is 2.12. The van der Waals surface area contributed by atoms with Crippen LogP contribution in [-0.2, 0) is 0 Å². The van der Waals surface area contributed by atoms with Crippen LogP contribution in [0.2, 0.25) is 0 Å². The van der Waals surface area contributed by atoms with E-state index >= 15 is 0 Å². The highest BCUT2D eigenvalue weighted by Gasteiger charge is 2.43. The Morgan fingerprint density at radius 2 is 1.61 bits per heavy atom. The number of rotatable bonds is 2. The molecular weight excluding hydrogens is 240 g/mol. The number of hydrogen-bond donors (Lipinski definition) is 1. The molecule has 0 aromatic carbocycles. The summed E-state index contributed by atoms with van der Waals surface area (Å²) in [6.45, 7) is 8.20.